The fraction of sp³-hybridized carbons (Fsp3) is 0.474. The SMILES string of the molecule is CC(=O)NC(C)c1ccc(CN2CCN(c3ncc(C)s3)CC2)cc1. The van der Waals surface area contributed by atoms with Gasteiger partial charge in [0.15, 0.2) is 5.13 Å². The maximum Gasteiger partial charge on any atom is 0.217 e. The number of piperazine rings is 1. The average Bonchev–Trinajstić information content (AvgIpc) is 3.02. The van der Waals surface area contributed by atoms with Gasteiger partial charge in [0.05, 0.1) is 6.04 Å². The molecule has 1 amide bonds. The van der Waals surface area contributed by atoms with Crippen LogP contribution < -0.4 is 10.2 Å². The van der Waals surface area contributed by atoms with Crippen LogP contribution in [0.2, 0.25) is 0 Å². The molecule has 5 nitrogen and oxygen atoms in total. The molecular weight excluding hydrogens is 332 g/mol. The lowest BCUT2D eigenvalue weighted by Crippen LogP contribution is -2.45. The van der Waals surface area contributed by atoms with Crippen LogP contribution in [-0.4, -0.2) is 42.0 Å². The van der Waals surface area contributed by atoms with Crippen LogP contribution in [0.5, 0.6) is 0 Å². The van der Waals surface area contributed by atoms with E-state index in [1.165, 1.54) is 10.4 Å². The van der Waals surface area contributed by atoms with Gasteiger partial charge in [-0.15, -0.1) is 11.3 Å². The van der Waals surface area contributed by atoms with Crippen molar-refractivity contribution >= 4 is 22.4 Å². The number of anilines is 1. The van der Waals surface area contributed by atoms with E-state index < -0.39 is 0 Å². The Morgan fingerprint density at radius 3 is 2.48 bits per heavy atom. The molecule has 2 aromatic rings. The summed E-state index contributed by atoms with van der Waals surface area (Å²) in [4.78, 5) is 21.8. The standard InChI is InChI=1S/C19H26N4OS/c1-14-12-20-19(25-14)23-10-8-22(9-11-23)13-17-4-6-18(7-5-17)15(2)21-16(3)24/h4-7,12,15H,8-11,13H2,1-3H3,(H,21,24). The van der Waals surface area contributed by atoms with Crippen LogP contribution in [0.15, 0.2) is 30.5 Å². The van der Waals surface area contributed by atoms with E-state index in [0.717, 1.165) is 43.4 Å². The summed E-state index contributed by atoms with van der Waals surface area (Å²) in [5, 5.41) is 4.07. The minimum absolute atomic E-state index is 0.00451. The van der Waals surface area contributed by atoms with E-state index in [1.807, 2.05) is 13.1 Å². The zero-order valence-corrected chi connectivity index (χ0v) is 16.0. The van der Waals surface area contributed by atoms with Gasteiger partial charge in [-0.25, -0.2) is 4.98 Å². The Bertz CT molecular complexity index is 704. The average molecular weight is 359 g/mol. The summed E-state index contributed by atoms with van der Waals surface area (Å²) in [6, 6.07) is 8.63. The fourth-order valence-electron chi connectivity index (χ4n) is 3.14. The van der Waals surface area contributed by atoms with Gasteiger partial charge in [-0.1, -0.05) is 24.3 Å². The number of nitrogens with one attached hydrogen (secondary N) is 1. The Hall–Kier alpha value is -1.92. The molecule has 25 heavy (non-hydrogen) atoms. The molecule has 134 valence electrons. The summed E-state index contributed by atoms with van der Waals surface area (Å²) in [7, 11) is 0. The highest BCUT2D eigenvalue weighted by molar-refractivity contribution is 7.15. The van der Waals surface area contributed by atoms with Gasteiger partial charge in [-0.3, -0.25) is 9.69 Å². The molecule has 2 heterocycles. The second-order valence-electron chi connectivity index (χ2n) is 6.68. The van der Waals surface area contributed by atoms with Crippen LogP contribution in [0.1, 0.15) is 35.9 Å². The Morgan fingerprint density at radius 2 is 1.92 bits per heavy atom. The molecule has 1 unspecified atom stereocenters. The Kier molecular flexibility index (Phi) is 5.71. The number of thiazole rings is 1. The second kappa shape index (κ2) is 7.97. The van der Waals surface area contributed by atoms with Gasteiger partial charge in [-0.05, 0) is 25.0 Å². The molecule has 1 aliphatic rings. The van der Waals surface area contributed by atoms with E-state index in [1.54, 1.807) is 18.3 Å². The number of carbonyl (C=O) groups excluding carboxylic acids is 1. The van der Waals surface area contributed by atoms with Crippen molar-refractivity contribution in [3.63, 3.8) is 0 Å². The van der Waals surface area contributed by atoms with Crippen molar-refractivity contribution in [2.45, 2.75) is 33.4 Å². The summed E-state index contributed by atoms with van der Waals surface area (Å²) in [6.45, 7) is 10.8. The highest BCUT2D eigenvalue weighted by atomic mass is 32.1. The molecule has 1 N–H and O–H groups in total. The van der Waals surface area contributed by atoms with Crippen LogP contribution in [-0.2, 0) is 11.3 Å². The maximum absolute atomic E-state index is 11.2. The summed E-state index contributed by atoms with van der Waals surface area (Å²) < 4.78 is 0. The molecule has 0 bridgehead atoms. The molecule has 0 radical (unpaired) electrons. The number of rotatable bonds is 5. The smallest absolute Gasteiger partial charge is 0.217 e. The molecule has 1 atom stereocenters. The zero-order valence-electron chi connectivity index (χ0n) is 15.2. The number of benzene rings is 1. The maximum atomic E-state index is 11.2. The molecule has 1 fully saturated rings. The number of aromatic nitrogens is 1. The first-order valence-corrected chi connectivity index (χ1v) is 9.58. The van der Waals surface area contributed by atoms with E-state index in [-0.39, 0.29) is 11.9 Å². The topological polar surface area (TPSA) is 48.5 Å². The minimum atomic E-state index is 0.00451. The third kappa shape index (κ3) is 4.80. The Morgan fingerprint density at radius 1 is 1.24 bits per heavy atom. The van der Waals surface area contributed by atoms with Crippen molar-refractivity contribution in [3.05, 3.63) is 46.5 Å². The number of amides is 1. The number of aryl methyl sites for hydroxylation is 1. The number of hydrogen-bond donors (Lipinski definition) is 1. The lowest BCUT2D eigenvalue weighted by atomic mass is 10.1. The summed E-state index contributed by atoms with van der Waals surface area (Å²) in [5.41, 5.74) is 2.46. The van der Waals surface area contributed by atoms with Crippen molar-refractivity contribution < 1.29 is 4.79 Å². The van der Waals surface area contributed by atoms with Crippen molar-refractivity contribution in [2.24, 2.45) is 0 Å². The Balaban J connectivity index is 1.51. The molecule has 1 aromatic carbocycles. The van der Waals surface area contributed by atoms with Crippen molar-refractivity contribution in [3.8, 4) is 0 Å². The predicted molar refractivity (Wildman–Crippen MR) is 103 cm³/mol. The van der Waals surface area contributed by atoms with Crippen molar-refractivity contribution in [1.82, 2.24) is 15.2 Å². The predicted octanol–water partition coefficient (Wildman–Crippen LogP) is 2.97. The van der Waals surface area contributed by atoms with Gasteiger partial charge in [0.25, 0.3) is 0 Å². The third-order valence-electron chi connectivity index (χ3n) is 4.56. The molecule has 6 heteroatoms. The number of carbonyl (C=O) groups is 1. The van der Waals surface area contributed by atoms with E-state index in [4.69, 9.17) is 0 Å². The van der Waals surface area contributed by atoms with E-state index in [0.29, 0.717) is 0 Å². The normalized spacial score (nSPS) is 16.7. The lowest BCUT2D eigenvalue weighted by Gasteiger charge is -2.34. The monoisotopic (exact) mass is 358 g/mol. The largest absolute Gasteiger partial charge is 0.350 e. The fourth-order valence-corrected chi connectivity index (χ4v) is 3.95. The minimum Gasteiger partial charge on any atom is -0.350 e. The first-order valence-electron chi connectivity index (χ1n) is 8.77. The summed E-state index contributed by atoms with van der Waals surface area (Å²) >= 11 is 1.77. The van der Waals surface area contributed by atoms with Gasteiger partial charge in [0.1, 0.15) is 0 Å². The van der Waals surface area contributed by atoms with Gasteiger partial charge < -0.3 is 10.2 Å². The van der Waals surface area contributed by atoms with Gasteiger partial charge in [-0.2, -0.15) is 0 Å². The van der Waals surface area contributed by atoms with Crippen LogP contribution in [0.25, 0.3) is 0 Å². The van der Waals surface area contributed by atoms with E-state index in [9.17, 15) is 4.79 Å². The van der Waals surface area contributed by atoms with Gasteiger partial charge in [0.2, 0.25) is 5.91 Å². The van der Waals surface area contributed by atoms with E-state index in [2.05, 4.69) is 51.3 Å². The van der Waals surface area contributed by atoms with E-state index >= 15 is 0 Å². The number of hydrogen-bond acceptors (Lipinski definition) is 5. The molecule has 0 saturated carbocycles. The molecule has 1 saturated heterocycles. The quantitative estimate of drug-likeness (QED) is 0.893. The van der Waals surface area contributed by atoms with Crippen LogP contribution in [0.3, 0.4) is 0 Å². The highest BCUT2D eigenvalue weighted by Gasteiger charge is 2.19. The second-order valence-corrected chi connectivity index (χ2v) is 7.89. The number of nitrogens with zero attached hydrogens (tertiary/aromatic N) is 3. The van der Waals surface area contributed by atoms with Crippen LogP contribution >= 0.6 is 11.3 Å². The van der Waals surface area contributed by atoms with Crippen LogP contribution in [0.4, 0.5) is 5.13 Å². The van der Waals surface area contributed by atoms with Gasteiger partial charge in [0, 0.05) is 50.7 Å². The van der Waals surface area contributed by atoms with Crippen LogP contribution in [0, 0.1) is 6.92 Å². The Labute approximate surface area is 153 Å². The molecule has 1 aliphatic heterocycles. The molecule has 3 rings (SSSR count). The summed E-state index contributed by atoms with van der Waals surface area (Å²) in [5.74, 6) is 0.00451. The summed E-state index contributed by atoms with van der Waals surface area (Å²) in [6.07, 6.45) is 1.95. The van der Waals surface area contributed by atoms with Crippen molar-refractivity contribution in [1.29, 1.82) is 0 Å². The lowest BCUT2D eigenvalue weighted by molar-refractivity contribution is -0.119. The first kappa shape index (κ1) is 17.9. The molecule has 0 aliphatic carbocycles. The molecule has 0 spiro atoms. The third-order valence-corrected chi connectivity index (χ3v) is 5.53. The molecular formula is C19H26N4OS. The zero-order chi connectivity index (χ0) is 17.8. The molecule has 1 aromatic heterocycles. The van der Waals surface area contributed by atoms with Crippen molar-refractivity contribution in [2.75, 3.05) is 31.1 Å². The highest BCUT2D eigenvalue weighted by Crippen LogP contribution is 2.23. The first-order chi connectivity index (χ1) is 12.0. The van der Waals surface area contributed by atoms with Gasteiger partial charge >= 0.3 is 0 Å².